The van der Waals surface area contributed by atoms with Crippen LogP contribution in [0.1, 0.15) is 16.7 Å². The fourth-order valence-corrected chi connectivity index (χ4v) is 1.73. The van der Waals surface area contributed by atoms with Crippen LogP contribution in [-0.2, 0) is 11.2 Å². The number of amides is 1. The van der Waals surface area contributed by atoms with Crippen molar-refractivity contribution >= 4 is 5.91 Å². The Morgan fingerprint density at radius 3 is 2.65 bits per heavy atom. The van der Waals surface area contributed by atoms with E-state index < -0.39 is 6.61 Å². The first-order valence-electron chi connectivity index (χ1n) is 5.60. The first-order chi connectivity index (χ1) is 8.08. The van der Waals surface area contributed by atoms with Crippen molar-refractivity contribution in [2.45, 2.75) is 20.3 Å². The molecule has 4 heteroatoms. The van der Waals surface area contributed by atoms with E-state index >= 15 is 0 Å². The number of benzene rings is 1. The van der Waals surface area contributed by atoms with Gasteiger partial charge in [0.2, 0.25) is 5.91 Å². The summed E-state index contributed by atoms with van der Waals surface area (Å²) in [6.07, 6.45) is 0.752. The van der Waals surface area contributed by atoms with E-state index in [0.29, 0.717) is 6.54 Å². The molecule has 1 aromatic rings. The normalized spacial score (nSPS) is 10.1. The molecular weight excluding hydrogens is 218 g/mol. The van der Waals surface area contributed by atoms with Gasteiger partial charge in [-0.3, -0.25) is 4.79 Å². The maximum Gasteiger partial charge on any atom is 0.245 e. The Morgan fingerprint density at radius 1 is 1.35 bits per heavy atom. The van der Waals surface area contributed by atoms with E-state index in [0.717, 1.165) is 23.3 Å². The largest absolute Gasteiger partial charge is 0.496 e. The number of ether oxygens (including phenoxy) is 1. The number of carbonyl (C=O) groups excluding carboxylic acids is 1. The molecule has 0 heterocycles. The van der Waals surface area contributed by atoms with Crippen LogP contribution < -0.4 is 10.1 Å². The molecule has 0 unspecified atom stereocenters. The van der Waals surface area contributed by atoms with Crippen molar-refractivity contribution in [3.63, 3.8) is 0 Å². The third-order valence-corrected chi connectivity index (χ3v) is 2.71. The highest BCUT2D eigenvalue weighted by Crippen LogP contribution is 2.22. The van der Waals surface area contributed by atoms with E-state index in [4.69, 9.17) is 9.84 Å². The highest BCUT2D eigenvalue weighted by Gasteiger charge is 2.05. The summed E-state index contributed by atoms with van der Waals surface area (Å²) in [6, 6.07) is 4.07. The van der Waals surface area contributed by atoms with E-state index in [1.807, 2.05) is 19.9 Å². The van der Waals surface area contributed by atoms with Crippen molar-refractivity contribution in [1.29, 1.82) is 0 Å². The molecule has 1 amide bonds. The summed E-state index contributed by atoms with van der Waals surface area (Å²) in [4.78, 5) is 10.9. The van der Waals surface area contributed by atoms with E-state index in [1.165, 1.54) is 5.56 Å². The Bertz CT molecular complexity index is 402. The van der Waals surface area contributed by atoms with Gasteiger partial charge in [-0.25, -0.2) is 0 Å². The Morgan fingerprint density at radius 2 is 2.06 bits per heavy atom. The van der Waals surface area contributed by atoms with E-state index in [-0.39, 0.29) is 5.91 Å². The third kappa shape index (κ3) is 3.75. The van der Waals surface area contributed by atoms with Crippen molar-refractivity contribution in [3.8, 4) is 5.75 Å². The molecule has 2 N–H and O–H groups in total. The van der Waals surface area contributed by atoms with Gasteiger partial charge in [-0.15, -0.1) is 0 Å². The Labute approximate surface area is 102 Å². The number of carbonyl (C=O) groups is 1. The molecular formula is C13H19NO3. The molecule has 17 heavy (non-hydrogen) atoms. The van der Waals surface area contributed by atoms with Crippen LogP contribution in [0.2, 0.25) is 0 Å². The summed E-state index contributed by atoms with van der Waals surface area (Å²) >= 11 is 0. The molecule has 0 aliphatic carbocycles. The molecule has 1 aromatic carbocycles. The summed E-state index contributed by atoms with van der Waals surface area (Å²) in [7, 11) is 1.66. The van der Waals surface area contributed by atoms with Gasteiger partial charge in [0.05, 0.1) is 7.11 Å². The Balaban J connectivity index is 2.65. The van der Waals surface area contributed by atoms with Gasteiger partial charge in [0.15, 0.2) is 0 Å². The van der Waals surface area contributed by atoms with Crippen LogP contribution in [0.15, 0.2) is 12.1 Å². The van der Waals surface area contributed by atoms with Crippen LogP contribution in [0.4, 0.5) is 0 Å². The molecule has 0 spiro atoms. The molecule has 0 radical (unpaired) electrons. The first-order valence-corrected chi connectivity index (χ1v) is 5.60. The molecule has 94 valence electrons. The highest BCUT2D eigenvalue weighted by atomic mass is 16.5. The third-order valence-electron chi connectivity index (χ3n) is 2.71. The van der Waals surface area contributed by atoms with Crippen LogP contribution in [-0.4, -0.2) is 31.3 Å². The van der Waals surface area contributed by atoms with E-state index in [1.54, 1.807) is 7.11 Å². The lowest BCUT2D eigenvalue weighted by Crippen LogP contribution is -2.28. The maximum absolute atomic E-state index is 10.9. The minimum Gasteiger partial charge on any atom is -0.496 e. The second-order valence-electron chi connectivity index (χ2n) is 4.01. The Kier molecular flexibility index (Phi) is 4.97. The quantitative estimate of drug-likeness (QED) is 0.802. The minimum atomic E-state index is -0.458. The topological polar surface area (TPSA) is 58.6 Å². The lowest BCUT2D eigenvalue weighted by atomic mass is 10.0. The predicted octanol–water partition coefficient (Wildman–Crippen LogP) is 0.963. The highest BCUT2D eigenvalue weighted by molar-refractivity contribution is 5.76. The smallest absolute Gasteiger partial charge is 0.245 e. The lowest BCUT2D eigenvalue weighted by Gasteiger charge is -2.11. The van der Waals surface area contributed by atoms with Gasteiger partial charge >= 0.3 is 0 Å². The monoisotopic (exact) mass is 237 g/mol. The molecule has 0 aromatic heterocycles. The molecule has 0 aliphatic rings. The standard InChI is InChI=1S/C13H19NO3/c1-9-7-12(17-3)10(2)6-11(9)4-5-14-13(16)8-15/h6-7,15H,4-5,8H2,1-3H3,(H,14,16). The molecule has 0 aliphatic heterocycles. The molecule has 0 bridgehead atoms. The fourth-order valence-electron chi connectivity index (χ4n) is 1.73. The van der Waals surface area contributed by atoms with Crippen LogP contribution in [0.25, 0.3) is 0 Å². The SMILES string of the molecule is COc1cc(C)c(CCNC(=O)CO)cc1C. The first kappa shape index (κ1) is 13.5. The number of rotatable bonds is 5. The van der Waals surface area contributed by atoms with Crippen LogP contribution >= 0.6 is 0 Å². The molecule has 0 fully saturated rings. The zero-order valence-corrected chi connectivity index (χ0v) is 10.5. The number of hydrogen-bond donors (Lipinski definition) is 2. The lowest BCUT2D eigenvalue weighted by molar-refractivity contribution is -0.123. The minimum absolute atomic E-state index is 0.340. The molecule has 0 saturated carbocycles. The van der Waals surface area contributed by atoms with Gasteiger partial charge in [-0.1, -0.05) is 6.07 Å². The molecule has 0 saturated heterocycles. The Hall–Kier alpha value is -1.55. The summed E-state index contributed by atoms with van der Waals surface area (Å²) in [5.41, 5.74) is 3.41. The zero-order chi connectivity index (χ0) is 12.8. The summed E-state index contributed by atoms with van der Waals surface area (Å²) in [6.45, 7) is 4.09. The number of methoxy groups -OCH3 is 1. The number of nitrogens with one attached hydrogen (secondary N) is 1. The number of aliphatic hydroxyl groups is 1. The van der Waals surface area contributed by atoms with Crippen LogP contribution in [0, 0.1) is 13.8 Å². The molecule has 1 rings (SSSR count). The number of aryl methyl sites for hydroxylation is 2. The van der Waals surface area contributed by atoms with Gasteiger partial charge < -0.3 is 15.2 Å². The summed E-state index contributed by atoms with van der Waals surface area (Å²) in [5, 5.41) is 11.2. The van der Waals surface area contributed by atoms with E-state index in [2.05, 4.69) is 11.4 Å². The van der Waals surface area contributed by atoms with E-state index in [9.17, 15) is 4.79 Å². The maximum atomic E-state index is 10.9. The van der Waals surface area contributed by atoms with Crippen LogP contribution in [0.3, 0.4) is 0 Å². The van der Waals surface area contributed by atoms with Gasteiger partial charge in [-0.2, -0.15) is 0 Å². The summed E-state index contributed by atoms with van der Waals surface area (Å²) < 4.78 is 5.24. The summed E-state index contributed by atoms with van der Waals surface area (Å²) in [5.74, 6) is 0.540. The van der Waals surface area contributed by atoms with Crippen molar-refractivity contribution in [3.05, 3.63) is 28.8 Å². The van der Waals surface area contributed by atoms with Crippen LogP contribution in [0.5, 0.6) is 5.75 Å². The number of aliphatic hydroxyl groups excluding tert-OH is 1. The van der Waals surface area contributed by atoms with Gasteiger partial charge in [0, 0.05) is 6.54 Å². The number of hydrogen-bond acceptors (Lipinski definition) is 3. The average molecular weight is 237 g/mol. The van der Waals surface area contributed by atoms with Crippen molar-refractivity contribution in [2.24, 2.45) is 0 Å². The van der Waals surface area contributed by atoms with Crippen molar-refractivity contribution in [1.82, 2.24) is 5.32 Å². The average Bonchev–Trinajstić information content (AvgIpc) is 2.32. The molecule has 4 nitrogen and oxygen atoms in total. The van der Waals surface area contributed by atoms with Gasteiger partial charge in [-0.05, 0) is 43.0 Å². The zero-order valence-electron chi connectivity index (χ0n) is 10.5. The predicted molar refractivity (Wildman–Crippen MR) is 66.3 cm³/mol. The second-order valence-corrected chi connectivity index (χ2v) is 4.01. The van der Waals surface area contributed by atoms with Gasteiger partial charge in [0.1, 0.15) is 12.4 Å². The molecule has 0 atom stereocenters. The fraction of sp³-hybridized carbons (Fsp3) is 0.462. The van der Waals surface area contributed by atoms with Gasteiger partial charge in [0.25, 0.3) is 0 Å². The van der Waals surface area contributed by atoms with Crippen molar-refractivity contribution < 1.29 is 14.6 Å². The van der Waals surface area contributed by atoms with Crippen molar-refractivity contribution in [2.75, 3.05) is 20.3 Å². The second kappa shape index (κ2) is 6.25.